The van der Waals surface area contributed by atoms with E-state index in [4.69, 9.17) is 0 Å². The number of carbonyl (C=O) groups is 1. The topological polar surface area (TPSA) is 41.1 Å². The second-order valence-electron chi connectivity index (χ2n) is 3.25. The van der Waals surface area contributed by atoms with Crippen molar-refractivity contribution in [3.8, 4) is 0 Å². The van der Waals surface area contributed by atoms with Crippen LogP contribution in [0, 0.1) is 0 Å². The van der Waals surface area contributed by atoms with Crippen LogP contribution in [-0.2, 0) is 4.79 Å². The smallest absolute Gasteiger partial charge is 0.218 e. The van der Waals surface area contributed by atoms with Gasteiger partial charge in [-0.25, -0.2) is 0 Å². The monoisotopic (exact) mass is 166 g/mol. The Morgan fingerprint density at radius 1 is 1.67 bits per heavy atom. The van der Waals surface area contributed by atoms with Gasteiger partial charge in [0.2, 0.25) is 5.91 Å². The van der Waals surface area contributed by atoms with E-state index in [9.17, 15) is 4.79 Å². The van der Waals surface area contributed by atoms with Crippen LogP contribution in [-0.4, -0.2) is 11.6 Å². The minimum absolute atomic E-state index is 0.0393. The van der Waals surface area contributed by atoms with Crippen LogP contribution < -0.4 is 10.6 Å². The average molecular weight is 166 g/mol. The lowest BCUT2D eigenvalue weighted by molar-refractivity contribution is -0.120. The zero-order valence-electron chi connectivity index (χ0n) is 7.64. The molecule has 1 rings (SSSR count). The minimum Gasteiger partial charge on any atom is -0.366 e. The van der Waals surface area contributed by atoms with Gasteiger partial charge in [0.15, 0.2) is 0 Å². The molecule has 66 valence electrons. The van der Waals surface area contributed by atoms with E-state index in [0.717, 1.165) is 5.57 Å². The van der Waals surface area contributed by atoms with Gasteiger partial charge in [0, 0.05) is 13.1 Å². The van der Waals surface area contributed by atoms with Gasteiger partial charge in [-0.1, -0.05) is 6.08 Å². The molecule has 0 aromatic carbocycles. The molecule has 1 atom stereocenters. The van der Waals surface area contributed by atoms with Crippen molar-refractivity contribution in [3.63, 3.8) is 0 Å². The Labute approximate surface area is 72.5 Å². The molecule has 12 heavy (non-hydrogen) atoms. The highest BCUT2D eigenvalue weighted by atomic mass is 16.1. The van der Waals surface area contributed by atoms with Crippen molar-refractivity contribution in [1.29, 1.82) is 0 Å². The number of allylic oxidation sites excluding steroid dienone is 2. The predicted molar refractivity (Wildman–Crippen MR) is 48.3 cm³/mol. The van der Waals surface area contributed by atoms with Gasteiger partial charge in [-0.2, -0.15) is 0 Å². The molecule has 0 bridgehead atoms. The largest absolute Gasteiger partial charge is 0.366 e. The first-order valence-electron chi connectivity index (χ1n) is 3.94. The zero-order valence-corrected chi connectivity index (χ0v) is 7.64. The summed E-state index contributed by atoms with van der Waals surface area (Å²) in [5.74, 6) is -0.0393. The molecule has 1 aliphatic heterocycles. The highest BCUT2D eigenvalue weighted by molar-refractivity contribution is 5.74. The lowest BCUT2D eigenvalue weighted by Gasteiger charge is -2.30. The summed E-state index contributed by atoms with van der Waals surface area (Å²) in [6, 6.07) is 0. The van der Waals surface area contributed by atoms with Crippen LogP contribution in [0.5, 0.6) is 0 Å². The van der Waals surface area contributed by atoms with Gasteiger partial charge in [0.1, 0.15) is 5.66 Å². The van der Waals surface area contributed by atoms with Gasteiger partial charge in [0.25, 0.3) is 0 Å². The van der Waals surface area contributed by atoms with Crippen LogP contribution >= 0.6 is 0 Å². The maximum Gasteiger partial charge on any atom is 0.218 e. The molecule has 2 N–H and O–H groups in total. The van der Waals surface area contributed by atoms with Crippen molar-refractivity contribution >= 4 is 5.91 Å². The van der Waals surface area contributed by atoms with Crippen LogP contribution in [0.4, 0.5) is 0 Å². The maximum atomic E-state index is 10.8. The van der Waals surface area contributed by atoms with Gasteiger partial charge in [-0.3, -0.25) is 4.79 Å². The second-order valence-corrected chi connectivity index (χ2v) is 3.25. The highest BCUT2D eigenvalue weighted by Crippen LogP contribution is 2.09. The SMILES string of the molecule is CC(=O)NC1(C)C=CC(C)=CN1. The summed E-state index contributed by atoms with van der Waals surface area (Å²) < 4.78 is 0. The third-order valence-corrected chi connectivity index (χ3v) is 1.71. The van der Waals surface area contributed by atoms with Crippen LogP contribution in [0.3, 0.4) is 0 Å². The molecule has 0 radical (unpaired) electrons. The molecule has 1 heterocycles. The van der Waals surface area contributed by atoms with Crippen molar-refractivity contribution < 1.29 is 4.79 Å². The molecule has 3 heteroatoms. The number of amides is 1. The van der Waals surface area contributed by atoms with Crippen LogP contribution in [0.1, 0.15) is 20.8 Å². The molecule has 0 spiro atoms. The summed E-state index contributed by atoms with van der Waals surface area (Å²) >= 11 is 0. The molecule has 0 fully saturated rings. The van der Waals surface area contributed by atoms with E-state index in [1.807, 2.05) is 32.2 Å². The molecule has 0 saturated heterocycles. The lowest BCUT2D eigenvalue weighted by Crippen LogP contribution is -2.53. The Bertz CT molecular complexity index is 255. The fraction of sp³-hybridized carbons (Fsp3) is 0.444. The highest BCUT2D eigenvalue weighted by Gasteiger charge is 2.21. The molecule has 1 amide bonds. The Hall–Kier alpha value is -1.25. The molecule has 0 aromatic rings. The summed E-state index contributed by atoms with van der Waals surface area (Å²) in [7, 11) is 0. The quantitative estimate of drug-likeness (QED) is 0.607. The first kappa shape index (κ1) is 8.84. The second kappa shape index (κ2) is 3.01. The molecule has 3 nitrogen and oxygen atoms in total. The van der Waals surface area contributed by atoms with E-state index in [0.29, 0.717) is 0 Å². The van der Waals surface area contributed by atoms with E-state index in [-0.39, 0.29) is 5.91 Å². The Morgan fingerprint density at radius 3 is 2.75 bits per heavy atom. The standard InChI is InChI=1S/C9H14N2O/c1-7-4-5-9(3,10-6-7)11-8(2)12/h4-6,10H,1-3H3,(H,11,12). The van der Waals surface area contributed by atoms with Crippen molar-refractivity contribution in [1.82, 2.24) is 10.6 Å². The lowest BCUT2D eigenvalue weighted by atomic mass is 10.1. The molecular weight excluding hydrogens is 152 g/mol. The van der Waals surface area contributed by atoms with E-state index in [2.05, 4.69) is 10.6 Å². The van der Waals surface area contributed by atoms with Crippen molar-refractivity contribution in [2.75, 3.05) is 0 Å². The van der Waals surface area contributed by atoms with Gasteiger partial charge in [-0.15, -0.1) is 0 Å². The van der Waals surface area contributed by atoms with Crippen LogP contribution in [0.25, 0.3) is 0 Å². The zero-order chi connectivity index (χ0) is 9.19. The molecule has 1 aliphatic rings. The molecule has 0 saturated carbocycles. The number of hydrogen-bond donors (Lipinski definition) is 2. The number of hydrogen-bond acceptors (Lipinski definition) is 2. The molecule has 1 unspecified atom stereocenters. The fourth-order valence-electron chi connectivity index (χ4n) is 1.10. The summed E-state index contributed by atoms with van der Waals surface area (Å²) in [4.78, 5) is 10.8. The molecule has 0 aliphatic carbocycles. The summed E-state index contributed by atoms with van der Waals surface area (Å²) in [5.41, 5.74) is 0.726. The van der Waals surface area contributed by atoms with E-state index >= 15 is 0 Å². The number of dihydropyridines is 1. The third kappa shape index (κ3) is 2.12. The van der Waals surface area contributed by atoms with Gasteiger partial charge < -0.3 is 10.6 Å². The van der Waals surface area contributed by atoms with Crippen molar-refractivity contribution in [2.45, 2.75) is 26.4 Å². The minimum atomic E-state index is -0.425. The Kier molecular flexibility index (Phi) is 2.22. The summed E-state index contributed by atoms with van der Waals surface area (Å²) in [6.45, 7) is 5.41. The summed E-state index contributed by atoms with van der Waals surface area (Å²) in [5, 5.41) is 5.89. The Morgan fingerprint density at radius 2 is 2.33 bits per heavy atom. The van der Waals surface area contributed by atoms with Crippen molar-refractivity contribution in [2.24, 2.45) is 0 Å². The first-order chi connectivity index (χ1) is 5.52. The van der Waals surface area contributed by atoms with Crippen LogP contribution in [0.15, 0.2) is 23.9 Å². The van der Waals surface area contributed by atoms with Gasteiger partial charge in [-0.05, 0) is 25.5 Å². The van der Waals surface area contributed by atoms with Crippen LogP contribution in [0.2, 0.25) is 0 Å². The van der Waals surface area contributed by atoms with Gasteiger partial charge >= 0.3 is 0 Å². The van der Waals surface area contributed by atoms with Crippen molar-refractivity contribution in [3.05, 3.63) is 23.9 Å². The Balaban J connectivity index is 2.65. The normalized spacial score (nSPS) is 27.4. The average Bonchev–Trinajstić information content (AvgIpc) is 1.94. The van der Waals surface area contributed by atoms with E-state index in [1.165, 1.54) is 6.92 Å². The third-order valence-electron chi connectivity index (χ3n) is 1.71. The molecular formula is C9H14N2O. The fourth-order valence-corrected chi connectivity index (χ4v) is 1.10. The van der Waals surface area contributed by atoms with E-state index < -0.39 is 5.66 Å². The maximum absolute atomic E-state index is 10.8. The van der Waals surface area contributed by atoms with E-state index in [1.54, 1.807) is 0 Å². The van der Waals surface area contributed by atoms with Gasteiger partial charge in [0.05, 0.1) is 0 Å². The number of nitrogens with one attached hydrogen (secondary N) is 2. The molecule has 0 aromatic heterocycles. The predicted octanol–water partition coefficient (Wildman–Crippen LogP) is 0.902. The number of rotatable bonds is 1. The number of carbonyl (C=O) groups excluding carboxylic acids is 1. The summed E-state index contributed by atoms with van der Waals surface area (Å²) in [6.07, 6.45) is 5.80. The first-order valence-corrected chi connectivity index (χ1v) is 3.94.